The molecule has 5 heteroatoms. The van der Waals surface area contributed by atoms with Gasteiger partial charge in [0.25, 0.3) is 0 Å². The average molecular weight is 226 g/mol. The lowest BCUT2D eigenvalue weighted by Crippen LogP contribution is -1.84. The van der Waals surface area contributed by atoms with E-state index in [1.807, 2.05) is 24.3 Å². The van der Waals surface area contributed by atoms with Crippen LogP contribution in [0.25, 0.3) is 22.7 Å². The van der Waals surface area contributed by atoms with Crippen molar-refractivity contribution in [3.8, 4) is 22.7 Å². The highest BCUT2D eigenvalue weighted by molar-refractivity contribution is 5.78. The summed E-state index contributed by atoms with van der Waals surface area (Å²) in [5, 5.41) is 6.80. The van der Waals surface area contributed by atoms with Crippen LogP contribution in [-0.2, 0) is 0 Å². The normalized spacial score (nSPS) is 10.6. The van der Waals surface area contributed by atoms with Gasteiger partial charge in [0.15, 0.2) is 0 Å². The molecule has 0 aliphatic carbocycles. The number of benzene rings is 1. The van der Waals surface area contributed by atoms with Crippen LogP contribution in [0.3, 0.4) is 0 Å². The molecule has 3 aromatic rings. The van der Waals surface area contributed by atoms with E-state index < -0.39 is 0 Å². The van der Waals surface area contributed by atoms with Crippen LogP contribution in [0, 0.1) is 0 Å². The third-order valence-electron chi connectivity index (χ3n) is 2.48. The van der Waals surface area contributed by atoms with Crippen LogP contribution in [0.4, 0.5) is 5.82 Å². The third-order valence-corrected chi connectivity index (χ3v) is 2.48. The minimum absolute atomic E-state index is 0.460. The van der Waals surface area contributed by atoms with Crippen LogP contribution in [0.5, 0.6) is 0 Å². The maximum Gasteiger partial charge on any atom is 0.226 e. The van der Waals surface area contributed by atoms with Crippen molar-refractivity contribution in [1.29, 1.82) is 0 Å². The molecule has 3 rings (SSSR count). The summed E-state index contributed by atoms with van der Waals surface area (Å²) in [5.74, 6) is 1.04. The molecule has 0 aliphatic heterocycles. The standard InChI is InChI=1S/C12H10N4O/c13-11-7-10(15-16-11)8-3-1-2-4-9(8)12-14-5-6-17-12/h1-7H,(H3,13,15,16). The van der Waals surface area contributed by atoms with Gasteiger partial charge in [-0.3, -0.25) is 5.10 Å². The van der Waals surface area contributed by atoms with E-state index in [4.69, 9.17) is 10.2 Å². The quantitative estimate of drug-likeness (QED) is 0.702. The molecule has 0 saturated carbocycles. The second-order valence-corrected chi connectivity index (χ2v) is 3.59. The van der Waals surface area contributed by atoms with E-state index in [0.717, 1.165) is 16.8 Å². The smallest absolute Gasteiger partial charge is 0.226 e. The van der Waals surface area contributed by atoms with E-state index in [9.17, 15) is 0 Å². The zero-order valence-electron chi connectivity index (χ0n) is 8.92. The van der Waals surface area contributed by atoms with E-state index in [0.29, 0.717) is 11.7 Å². The highest BCUT2D eigenvalue weighted by Crippen LogP contribution is 2.30. The monoisotopic (exact) mass is 226 g/mol. The number of oxazole rings is 1. The van der Waals surface area contributed by atoms with Gasteiger partial charge in [0.1, 0.15) is 12.1 Å². The lowest BCUT2D eigenvalue weighted by Gasteiger charge is -2.03. The van der Waals surface area contributed by atoms with E-state index in [2.05, 4.69) is 15.2 Å². The molecule has 2 heterocycles. The van der Waals surface area contributed by atoms with Gasteiger partial charge in [0, 0.05) is 17.2 Å². The fraction of sp³-hybridized carbons (Fsp3) is 0. The number of aromatic nitrogens is 3. The van der Waals surface area contributed by atoms with Crippen molar-refractivity contribution in [3.05, 3.63) is 42.8 Å². The van der Waals surface area contributed by atoms with Crippen LogP contribution in [0.1, 0.15) is 0 Å². The average Bonchev–Trinajstić information content (AvgIpc) is 3.00. The first-order valence-electron chi connectivity index (χ1n) is 5.15. The molecule has 0 amide bonds. The summed E-state index contributed by atoms with van der Waals surface area (Å²) in [6.07, 6.45) is 3.17. The maximum atomic E-state index is 5.60. The molecule has 0 spiro atoms. The Morgan fingerprint density at radius 2 is 2.00 bits per heavy atom. The largest absolute Gasteiger partial charge is 0.445 e. The SMILES string of the molecule is Nc1cc(-c2ccccc2-c2ncco2)[nH]n1. The van der Waals surface area contributed by atoms with Gasteiger partial charge >= 0.3 is 0 Å². The minimum atomic E-state index is 0.460. The molecule has 0 radical (unpaired) electrons. The van der Waals surface area contributed by atoms with Crippen molar-refractivity contribution in [3.63, 3.8) is 0 Å². The molecule has 0 saturated heterocycles. The van der Waals surface area contributed by atoms with Gasteiger partial charge in [0.2, 0.25) is 5.89 Å². The molecule has 2 aromatic heterocycles. The molecule has 3 N–H and O–H groups in total. The van der Waals surface area contributed by atoms with Gasteiger partial charge in [-0.15, -0.1) is 0 Å². The van der Waals surface area contributed by atoms with Gasteiger partial charge in [-0.2, -0.15) is 5.10 Å². The van der Waals surface area contributed by atoms with Crippen molar-refractivity contribution >= 4 is 5.82 Å². The summed E-state index contributed by atoms with van der Waals surface area (Å²) in [4.78, 5) is 4.15. The molecule has 0 atom stereocenters. The zero-order valence-corrected chi connectivity index (χ0v) is 8.92. The Morgan fingerprint density at radius 1 is 1.18 bits per heavy atom. The Balaban J connectivity index is 2.17. The maximum absolute atomic E-state index is 5.60. The minimum Gasteiger partial charge on any atom is -0.445 e. The highest BCUT2D eigenvalue weighted by Gasteiger charge is 2.11. The van der Waals surface area contributed by atoms with E-state index in [-0.39, 0.29) is 0 Å². The highest BCUT2D eigenvalue weighted by atomic mass is 16.3. The number of nitrogens with one attached hydrogen (secondary N) is 1. The zero-order chi connectivity index (χ0) is 11.7. The number of hydrogen-bond acceptors (Lipinski definition) is 4. The number of H-pyrrole nitrogens is 1. The Morgan fingerprint density at radius 3 is 2.65 bits per heavy atom. The summed E-state index contributed by atoms with van der Waals surface area (Å²) >= 11 is 0. The molecule has 0 fully saturated rings. The van der Waals surface area contributed by atoms with Gasteiger partial charge in [-0.05, 0) is 6.07 Å². The van der Waals surface area contributed by atoms with Crippen molar-refractivity contribution in [1.82, 2.24) is 15.2 Å². The van der Waals surface area contributed by atoms with Crippen LogP contribution in [0.2, 0.25) is 0 Å². The van der Waals surface area contributed by atoms with E-state index in [1.165, 1.54) is 0 Å². The van der Waals surface area contributed by atoms with Gasteiger partial charge < -0.3 is 10.2 Å². The van der Waals surface area contributed by atoms with Gasteiger partial charge in [-0.1, -0.05) is 18.2 Å². The molecule has 0 unspecified atom stereocenters. The lowest BCUT2D eigenvalue weighted by molar-refractivity contribution is 0.575. The number of nitrogens with zero attached hydrogens (tertiary/aromatic N) is 2. The Kier molecular flexibility index (Phi) is 2.15. The fourth-order valence-electron chi connectivity index (χ4n) is 1.74. The Hall–Kier alpha value is -2.56. The second-order valence-electron chi connectivity index (χ2n) is 3.59. The number of nitrogens with two attached hydrogens (primary N) is 1. The molecule has 17 heavy (non-hydrogen) atoms. The summed E-state index contributed by atoms with van der Waals surface area (Å²) < 4.78 is 5.31. The molecule has 0 aliphatic rings. The molecular weight excluding hydrogens is 216 g/mol. The summed E-state index contributed by atoms with van der Waals surface area (Å²) in [7, 11) is 0. The molecular formula is C12H10N4O. The molecule has 84 valence electrons. The Labute approximate surface area is 97.3 Å². The number of rotatable bonds is 2. The van der Waals surface area contributed by atoms with E-state index in [1.54, 1.807) is 18.5 Å². The van der Waals surface area contributed by atoms with Gasteiger partial charge in [0.05, 0.1) is 11.9 Å². The molecule has 0 bridgehead atoms. The predicted octanol–water partition coefficient (Wildman–Crippen LogP) is 2.31. The second kappa shape index (κ2) is 3.79. The first kappa shape index (κ1) is 9.65. The number of anilines is 1. The molecule has 5 nitrogen and oxygen atoms in total. The van der Waals surface area contributed by atoms with Crippen molar-refractivity contribution in [2.45, 2.75) is 0 Å². The third kappa shape index (κ3) is 1.67. The van der Waals surface area contributed by atoms with E-state index >= 15 is 0 Å². The van der Waals surface area contributed by atoms with Crippen LogP contribution in [-0.4, -0.2) is 15.2 Å². The first-order chi connectivity index (χ1) is 8.34. The van der Waals surface area contributed by atoms with Crippen molar-refractivity contribution < 1.29 is 4.42 Å². The number of nitrogen functional groups attached to an aromatic ring is 1. The van der Waals surface area contributed by atoms with Crippen LogP contribution in [0.15, 0.2) is 47.2 Å². The first-order valence-corrected chi connectivity index (χ1v) is 5.15. The topological polar surface area (TPSA) is 80.7 Å². The Bertz CT molecular complexity index is 628. The summed E-state index contributed by atoms with van der Waals surface area (Å²) in [6, 6.07) is 9.56. The number of aromatic amines is 1. The van der Waals surface area contributed by atoms with Gasteiger partial charge in [-0.25, -0.2) is 4.98 Å². The molecule has 1 aromatic carbocycles. The fourth-order valence-corrected chi connectivity index (χ4v) is 1.74. The van der Waals surface area contributed by atoms with Crippen molar-refractivity contribution in [2.24, 2.45) is 0 Å². The van der Waals surface area contributed by atoms with Crippen LogP contribution >= 0.6 is 0 Å². The summed E-state index contributed by atoms with van der Waals surface area (Å²) in [5.41, 5.74) is 8.31. The lowest BCUT2D eigenvalue weighted by atomic mass is 10.0. The summed E-state index contributed by atoms with van der Waals surface area (Å²) in [6.45, 7) is 0. The van der Waals surface area contributed by atoms with Crippen LogP contribution < -0.4 is 5.73 Å². The predicted molar refractivity (Wildman–Crippen MR) is 63.9 cm³/mol. The number of hydrogen-bond donors (Lipinski definition) is 2. The van der Waals surface area contributed by atoms with Crippen molar-refractivity contribution in [2.75, 3.05) is 5.73 Å².